The van der Waals surface area contributed by atoms with E-state index in [4.69, 9.17) is 0 Å². The van der Waals surface area contributed by atoms with E-state index < -0.39 is 11.9 Å². The smallest absolute Gasteiger partial charge is 0.275 e. The number of nitrogens with zero attached hydrogens (tertiary/aromatic N) is 2. The lowest BCUT2D eigenvalue weighted by Gasteiger charge is -2.17. The molecule has 0 fully saturated rings. The van der Waals surface area contributed by atoms with Crippen LogP contribution in [-0.4, -0.2) is 34.3 Å². The molecule has 38 heavy (non-hydrogen) atoms. The monoisotopic (exact) mass is 512 g/mol. The van der Waals surface area contributed by atoms with Crippen molar-refractivity contribution in [1.29, 1.82) is 0 Å². The van der Waals surface area contributed by atoms with Gasteiger partial charge in [-0.15, -0.1) is 0 Å². The van der Waals surface area contributed by atoms with Crippen molar-refractivity contribution in [2.24, 2.45) is 0 Å². The van der Waals surface area contributed by atoms with Crippen LogP contribution in [0.25, 0.3) is 11.3 Å². The van der Waals surface area contributed by atoms with Crippen LogP contribution in [0.15, 0.2) is 83.9 Å². The highest BCUT2D eigenvalue weighted by atomic mass is 19.1. The molecule has 0 aliphatic carbocycles. The van der Waals surface area contributed by atoms with Crippen LogP contribution < -0.4 is 16.2 Å². The van der Waals surface area contributed by atoms with Crippen LogP contribution in [0.2, 0.25) is 0 Å². The zero-order chi connectivity index (χ0) is 27.2. The minimum absolute atomic E-state index is 0.118. The van der Waals surface area contributed by atoms with E-state index in [1.807, 2.05) is 24.3 Å². The van der Waals surface area contributed by atoms with E-state index in [2.05, 4.69) is 22.5 Å². The number of anilines is 1. The normalized spacial score (nSPS) is 11.7. The Labute approximate surface area is 220 Å². The molecule has 0 spiro atoms. The molecule has 1 atom stereocenters. The molecule has 1 amide bonds. The lowest BCUT2D eigenvalue weighted by molar-refractivity contribution is -0.117. The maximum absolute atomic E-state index is 13.6. The van der Waals surface area contributed by atoms with Crippen molar-refractivity contribution in [2.75, 3.05) is 12.4 Å². The van der Waals surface area contributed by atoms with Gasteiger partial charge in [0.2, 0.25) is 5.91 Å². The topological polar surface area (TPSA) is 93.1 Å². The minimum Gasteiger partial charge on any atom is -0.320 e. The number of hydrogen-bond acceptors (Lipinski definition) is 5. The average Bonchev–Trinajstić information content (AvgIpc) is 2.94. The van der Waals surface area contributed by atoms with Crippen LogP contribution in [0.1, 0.15) is 40.9 Å². The van der Waals surface area contributed by atoms with Crippen molar-refractivity contribution in [3.63, 3.8) is 0 Å². The summed E-state index contributed by atoms with van der Waals surface area (Å²) in [5.74, 6) is -1.06. The van der Waals surface area contributed by atoms with Gasteiger partial charge in [0.15, 0.2) is 5.78 Å². The highest BCUT2D eigenvalue weighted by Gasteiger charge is 2.17. The zero-order valence-electron chi connectivity index (χ0n) is 21.5. The highest BCUT2D eigenvalue weighted by molar-refractivity contribution is 6.08. The molecule has 0 unspecified atom stereocenters. The summed E-state index contributed by atoms with van der Waals surface area (Å²) >= 11 is 0. The third kappa shape index (κ3) is 5.92. The molecule has 2 N–H and O–H groups in total. The van der Waals surface area contributed by atoms with Crippen molar-refractivity contribution in [1.82, 2.24) is 14.9 Å². The number of hydrogen-bond donors (Lipinski definition) is 2. The number of amides is 1. The predicted octanol–water partition coefficient (Wildman–Crippen LogP) is 4.44. The Morgan fingerprint density at radius 2 is 1.74 bits per heavy atom. The van der Waals surface area contributed by atoms with Crippen molar-refractivity contribution in [3.8, 4) is 11.3 Å². The summed E-state index contributed by atoms with van der Waals surface area (Å²) < 4.78 is 14.9. The number of halogens is 1. The fourth-order valence-electron chi connectivity index (χ4n) is 4.05. The van der Waals surface area contributed by atoms with Gasteiger partial charge in [0, 0.05) is 23.5 Å². The van der Waals surface area contributed by atoms with Crippen LogP contribution in [0, 0.1) is 5.82 Å². The SMILES string of the molecule is CCc1cccc(-c2ccc(NC(=O)[C@@H](C)NC)c(=O)n2Cc2cncc(C(=O)c3ccc(F)cc3)c2)c1. The summed E-state index contributed by atoms with van der Waals surface area (Å²) in [5, 5.41) is 5.57. The van der Waals surface area contributed by atoms with Crippen LogP contribution in [0.3, 0.4) is 0 Å². The lowest BCUT2D eigenvalue weighted by Crippen LogP contribution is -2.37. The van der Waals surface area contributed by atoms with Gasteiger partial charge in [0.25, 0.3) is 5.56 Å². The van der Waals surface area contributed by atoms with E-state index >= 15 is 0 Å². The van der Waals surface area contributed by atoms with E-state index in [1.54, 1.807) is 42.9 Å². The number of pyridine rings is 2. The quantitative estimate of drug-likeness (QED) is 0.324. The number of benzene rings is 2. The number of rotatable bonds is 9. The van der Waals surface area contributed by atoms with Gasteiger partial charge in [-0.25, -0.2) is 4.39 Å². The number of ketones is 1. The summed E-state index contributed by atoms with van der Waals surface area (Å²) in [6.07, 6.45) is 3.87. The first-order valence-corrected chi connectivity index (χ1v) is 12.4. The van der Waals surface area contributed by atoms with Gasteiger partial charge in [-0.3, -0.25) is 19.4 Å². The second kappa shape index (κ2) is 11.7. The molecule has 2 aromatic heterocycles. The van der Waals surface area contributed by atoms with E-state index in [-0.39, 0.29) is 29.5 Å². The van der Waals surface area contributed by atoms with Crippen molar-refractivity contribution >= 4 is 17.4 Å². The average molecular weight is 513 g/mol. The summed E-state index contributed by atoms with van der Waals surface area (Å²) in [6, 6.07) is 17.8. The fraction of sp³-hybridized carbons (Fsp3) is 0.200. The molecule has 0 saturated carbocycles. The summed E-state index contributed by atoms with van der Waals surface area (Å²) in [5.41, 5.74) is 3.70. The maximum Gasteiger partial charge on any atom is 0.275 e. The molecule has 194 valence electrons. The molecule has 0 aliphatic heterocycles. The Hall–Kier alpha value is -4.43. The molecule has 0 aliphatic rings. The third-order valence-electron chi connectivity index (χ3n) is 6.39. The Morgan fingerprint density at radius 1 is 0.974 bits per heavy atom. The fourth-order valence-corrected chi connectivity index (χ4v) is 4.05. The molecule has 4 aromatic rings. The number of nitrogens with one attached hydrogen (secondary N) is 2. The van der Waals surface area contributed by atoms with Crippen LogP contribution in [-0.2, 0) is 17.8 Å². The number of likely N-dealkylation sites (N-methyl/N-ethyl adjacent to an activating group) is 1. The first kappa shape index (κ1) is 26.6. The third-order valence-corrected chi connectivity index (χ3v) is 6.39. The molecule has 2 heterocycles. The van der Waals surface area contributed by atoms with E-state index in [1.165, 1.54) is 30.5 Å². The number of aryl methyl sites for hydroxylation is 1. The van der Waals surface area contributed by atoms with Crippen molar-refractivity contribution in [2.45, 2.75) is 32.9 Å². The van der Waals surface area contributed by atoms with Crippen LogP contribution in [0.4, 0.5) is 10.1 Å². The highest BCUT2D eigenvalue weighted by Crippen LogP contribution is 2.23. The van der Waals surface area contributed by atoms with Crippen molar-refractivity contribution in [3.05, 3.63) is 118 Å². The van der Waals surface area contributed by atoms with E-state index in [0.29, 0.717) is 22.4 Å². The molecule has 4 rings (SSSR count). The van der Waals surface area contributed by atoms with Gasteiger partial charge in [-0.1, -0.05) is 25.1 Å². The second-order valence-corrected chi connectivity index (χ2v) is 8.99. The summed E-state index contributed by atoms with van der Waals surface area (Å²) in [4.78, 5) is 43.3. The Bertz CT molecular complexity index is 1530. The van der Waals surface area contributed by atoms with E-state index in [9.17, 15) is 18.8 Å². The zero-order valence-corrected chi connectivity index (χ0v) is 21.5. The maximum atomic E-state index is 13.6. The molecule has 7 nitrogen and oxygen atoms in total. The van der Waals surface area contributed by atoms with Crippen molar-refractivity contribution < 1.29 is 14.0 Å². The minimum atomic E-state index is -0.484. The number of aromatic nitrogens is 2. The van der Waals surface area contributed by atoms with Gasteiger partial charge >= 0.3 is 0 Å². The van der Waals surface area contributed by atoms with E-state index in [0.717, 1.165) is 17.5 Å². The Balaban J connectivity index is 1.76. The van der Waals surface area contributed by atoms with Gasteiger partial charge < -0.3 is 15.2 Å². The largest absolute Gasteiger partial charge is 0.320 e. The van der Waals surface area contributed by atoms with Crippen LogP contribution >= 0.6 is 0 Å². The first-order valence-electron chi connectivity index (χ1n) is 12.4. The molecule has 8 heteroatoms. The van der Waals surface area contributed by atoms with Gasteiger partial charge in [0.05, 0.1) is 18.3 Å². The van der Waals surface area contributed by atoms with Crippen LogP contribution in [0.5, 0.6) is 0 Å². The predicted molar refractivity (Wildman–Crippen MR) is 146 cm³/mol. The van der Waals surface area contributed by atoms with Gasteiger partial charge in [-0.2, -0.15) is 0 Å². The Morgan fingerprint density at radius 3 is 2.45 bits per heavy atom. The number of carbonyl (C=O) groups is 2. The lowest BCUT2D eigenvalue weighted by atomic mass is 10.0. The number of carbonyl (C=O) groups excluding carboxylic acids is 2. The standard InChI is InChI=1S/C30H29FN4O3/c1-4-20-6-5-7-23(14-20)27-13-12-26(34-29(37)19(2)32-3)30(38)35(27)18-21-15-24(17-33-16-21)28(36)22-8-10-25(31)11-9-22/h5-17,19,32H,4,18H2,1-3H3,(H,34,37)/t19-/m1/s1. The summed E-state index contributed by atoms with van der Waals surface area (Å²) in [7, 11) is 1.67. The molecular formula is C30H29FN4O3. The summed E-state index contributed by atoms with van der Waals surface area (Å²) in [6.45, 7) is 3.88. The van der Waals surface area contributed by atoms with Gasteiger partial charge in [0.1, 0.15) is 11.5 Å². The molecule has 0 radical (unpaired) electrons. The molecule has 2 aromatic carbocycles. The second-order valence-electron chi connectivity index (χ2n) is 8.99. The molecular weight excluding hydrogens is 483 g/mol. The molecule has 0 bridgehead atoms. The Kier molecular flexibility index (Phi) is 8.23. The first-order chi connectivity index (χ1) is 18.3. The molecule has 0 saturated heterocycles. The van der Waals surface area contributed by atoms with Gasteiger partial charge in [-0.05, 0) is 85.6 Å².